The molecule has 0 saturated carbocycles. The fourth-order valence-electron chi connectivity index (χ4n) is 5.71. The van der Waals surface area contributed by atoms with E-state index in [1.54, 1.807) is 0 Å². The van der Waals surface area contributed by atoms with Crippen molar-refractivity contribution in [2.75, 3.05) is 0 Å². The van der Waals surface area contributed by atoms with Crippen LogP contribution in [-0.4, -0.2) is 14.8 Å². The standard InChI is InChI=1S/C38H25N3O/c1-3-9-26(10-4-1)27-15-17-28(18-16-27)31-21-24-36-34(25-31)33-13-7-8-14-35(33)41(36)32-22-19-30(20-23-32)38-40-39-37(42-38)29-11-5-2-6-12-29/h1-25H. The zero-order chi connectivity index (χ0) is 27.9. The highest BCUT2D eigenvalue weighted by atomic mass is 16.4. The zero-order valence-corrected chi connectivity index (χ0v) is 22.7. The van der Waals surface area contributed by atoms with Gasteiger partial charge in [0.15, 0.2) is 0 Å². The lowest BCUT2D eigenvalue weighted by Crippen LogP contribution is -1.93. The molecule has 0 bridgehead atoms. The van der Waals surface area contributed by atoms with Gasteiger partial charge in [0.25, 0.3) is 0 Å². The molecule has 0 unspecified atom stereocenters. The van der Waals surface area contributed by atoms with Gasteiger partial charge in [-0.2, -0.15) is 0 Å². The highest BCUT2D eigenvalue weighted by molar-refractivity contribution is 6.10. The van der Waals surface area contributed by atoms with E-state index in [1.165, 1.54) is 38.5 Å². The second-order valence-electron chi connectivity index (χ2n) is 10.4. The van der Waals surface area contributed by atoms with Gasteiger partial charge >= 0.3 is 0 Å². The van der Waals surface area contributed by atoms with Crippen LogP contribution in [0.1, 0.15) is 0 Å². The van der Waals surface area contributed by atoms with Crippen LogP contribution in [0.2, 0.25) is 0 Å². The van der Waals surface area contributed by atoms with Crippen LogP contribution in [0.25, 0.3) is 72.7 Å². The van der Waals surface area contributed by atoms with Crippen molar-refractivity contribution in [3.8, 4) is 50.8 Å². The number of hydrogen-bond acceptors (Lipinski definition) is 3. The molecule has 0 atom stereocenters. The van der Waals surface area contributed by atoms with Gasteiger partial charge in [-0.3, -0.25) is 0 Å². The first-order valence-electron chi connectivity index (χ1n) is 14.0. The zero-order valence-electron chi connectivity index (χ0n) is 22.7. The minimum absolute atomic E-state index is 0.505. The number of para-hydroxylation sites is 1. The Balaban J connectivity index is 1.16. The molecule has 0 aliphatic carbocycles. The van der Waals surface area contributed by atoms with Gasteiger partial charge in [0.2, 0.25) is 11.8 Å². The van der Waals surface area contributed by atoms with Gasteiger partial charge in [-0.15, -0.1) is 10.2 Å². The Hall–Kier alpha value is -5.74. The maximum Gasteiger partial charge on any atom is 0.248 e. The van der Waals surface area contributed by atoms with Crippen LogP contribution in [0.4, 0.5) is 0 Å². The SMILES string of the molecule is c1ccc(-c2ccc(-c3ccc4c(c3)c3ccccc3n4-c3ccc(-c4nnc(-c5ccccc5)o4)cc3)cc2)cc1. The first-order valence-corrected chi connectivity index (χ1v) is 14.0. The van der Waals surface area contributed by atoms with E-state index in [2.05, 4.69) is 118 Å². The van der Waals surface area contributed by atoms with Crippen LogP contribution in [0.15, 0.2) is 156 Å². The van der Waals surface area contributed by atoms with Crippen molar-refractivity contribution in [1.29, 1.82) is 0 Å². The van der Waals surface area contributed by atoms with Crippen LogP contribution < -0.4 is 0 Å². The fourth-order valence-corrected chi connectivity index (χ4v) is 5.71. The summed E-state index contributed by atoms with van der Waals surface area (Å²) < 4.78 is 8.30. The molecule has 0 fully saturated rings. The second-order valence-corrected chi connectivity index (χ2v) is 10.4. The Morgan fingerprint density at radius 1 is 0.381 bits per heavy atom. The number of rotatable bonds is 5. The van der Waals surface area contributed by atoms with Crippen molar-refractivity contribution in [2.45, 2.75) is 0 Å². The second kappa shape index (κ2) is 10.0. The van der Waals surface area contributed by atoms with Crippen LogP contribution in [0.5, 0.6) is 0 Å². The van der Waals surface area contributed by atoms with E-state index >= 15 is 0 Å². The molecule has 0 N–H and O–H groups in total. The molecule has 8 rings (SSSR count). The van der Waals surface area contributed by atoms with Crippen molar-refractivity contribution in [3.63, 3.8) is 0 Å². The number of benzene rings is 6. The van der Waals surface area contributed by atoms with Gasteiger partial charge in [-0.05, 0) is 76.9 Å². The monoisotopic (exact) mass is 539 g/mol. The molecule has 2 heterocycles. The molecule has 0 saturated heterocycles. The fraction of sp³-hybridized carbons (Fsp3) is 0. The van der Waals surface area contributed by atoms with Crippen molar-refractivity contribution in [3.05, 3.63) is 152 Å². The van der Waals surface area contributed by atoms with Gasteiger partial charge in [-0.25, -0.2) is 0 Å². The summed E-state index contributed by atoms with van der Waals surface area (Å²) >= 11 is 0. The van der Waals surface area contributed by atoms with E-state index in [1.807, 2.05) is 48.5 Å². The van der Waals surface area contributed by atoms with E-state index in [4.69, 9.17) is 4.42 Å². The summed E-state index contributed by atoms with van der Waals surface area (Å²) in [5.41, 5.74) is 10.0. The number of hydrogen-bond donors (Lipinski definition) is 0. The predicted octanol–water partition coefficient (Wildman–Crippen LogP) is 9.83. The molecule has 4 heteroatoms. The molecule has 4 nitrogen and oxygen atoms in total. The van der Waals surface area contributed by atoms with Gasteiger partial charge in [0.05, 0.1) is 11.0 Å². The molecule has 2 aromatic heterocycles. The summed E-state index contributed by atoms with van der Waals surface area (Å²) in [6.07, 6.45) is 0. The van der Waals surface area contributed by atoms with Crippen LogP contribution >= 0.6 is 0 Å². The summed E-state index contributed by atoms with van der Waals surface area (Å²) in [6, 6.07) is 52.8. The van der Waals surface area contributed by atoms with E-state index < -0.39 is 0 Å². The number of nitrogens with zero attached hydrogens (tertiary/aromatic N) is 3. The van der Waals surface area contributed by atoms with E-state index in [9.17, 15) is 0 Å². The van der Waals surface area contributed by atoms with E-state index in [0.29, 0.717) is 11.8 Å². The average Bonchev–Trinajstić information content (AvgIpc) is 3.69. The Morgan fingerprint density at radius 2 is 0.857 bits per heavy atom. The Morgan fingerprint density at radius 3 is 1.55 bits per heavy atom. The highest BCUT2D eigenvalue weighted by Gasteiger charge is 2.15. The Labute approximate surface area is 243 Å². The maximum absolute atomic E-state index is 5.99. The summed E-state index contributed by atoms with van der Waals surface area (Å²) in [4.78, 5) is 0. The minimum Gasteiger partial charge on any atom is -0.416 e. The molecule has 0 aliphatic rings. The first-order chi connectivity index (χ1) is 20.8. The molecule has 0 spiro atoms. The third-order valence-corrected chi connectivity index (χ3v) is 7.82. The van der Waals surface area contributed by atoms with Crippen molar-refractivity contribution in [1.82, 2.24) is 14.8 Å². The normalized spacial score (nSPS) is 11.3. The molecule has 198 valence electrons. The van der Waals surface area contributed by atoms with Gasteiger partial charge in [0, 0.05) is 27.6 Å². The lowest BCUT2D eigenvalue weighted by Gasteiger charge is -2.09. The van der Waals surface area contributed by atoms with Crippen molar-refractivity contribution < 1.29 is 4.42 Å². The topological polar surface area (TPSA) is 43.9 Å². The lowest BCUT2D eigenvalue weighted by molar-refractivity contribution is 0.584. The van der Waals surface area contributed by atoms with E-state index in [-0.39, 0.29) is 0 Å². The molecule has 8 aromatic rings. The predicted molar refractivity (Wildman–Crippen MR) is 170 cm³/mol. The van der Waals surface area contributed by atoms with Crippen molar-refractivity contribution in [2.24, 2.45) is 0 Å². The molecule has 0 aliphatic heterocycles. The summed E-state index contributed by atoms with van der Waals surface area (Å²) in [7, 11) is 0. The van der Waals surface area contributed by atoms with Gasteiger partial charge in [-0.1, -0.05) is 97.1 Å². The molecule has 42 heavy (non-hydrogen) atoms. The third kappa shape index (κ3) is 4.18. The largest absolute Gasteiger partial charge is 0.416 e. The van der Waals surface area contributed by atoms with Crippen LogP contribution in [0.3, 0.4) is 0 Å². The van der Waals surface area contributed by atoms with Crippen LogP contribution in [0, 0.1) is 0 Å². The first kappa shape index (κ1) is 24.1. The molecule has 0 amide bonds. The van der Waals surface area contributed by atoms with E-state index in [0.717, 1.165) is 22.3 Å². The molecule has 0 radical (unpaired) electrons. The summed E-state index contributed by atoms with van der Waals surface area (Å²) in [6.45, 7) is 0. The third-order valence-electron chi connectivity index (χ3n) is 7.82. The van der Waals surface area contributed by atoms with Crippen molar-refractivity contribution >= 4 is 21.8 Å². The lowest BCUT2D eigenvalue weighted by atomic mass is 9.99. The molecular formula is C38H25N3O. The maximum atomic E-state index is 5.99. The van der Waals surface area contributed by atoms with Crippen LogP contribution in [-0.2, 0) is 0 Å². The minimum atomic E-state index is 0.505. The summed E-state index contributed by atoms with van der Waals surface area (Å²) in [5, 5.41) is 11.0. The smallest absolute Gasteiger partial charge is 0.248 e. The number of aromatic nitrogens is 3. The number of fused-ring (bicyclic) bond motifs is 3. The Bertz CT molecular complexity index is 2160. The summed E-state index contributed by atoms with van der Waals surface area (Å²) in [5.74, 6) is 1.02. The molecular weight excluding hydrogens is 514 g/mol. The Kier molecular flexibility index (Phi) is 5.75. The average molecular weight is 540 g/mol. The highest BCUT2D eigenvalue weighted by Crippen LogP contribution is 2.36. The molecule has 6 aromatic carbocycles. The van der Waals surface area contributed by atoms with Gasteiger partial charge < -0.3 is 8.98 Å². The van der Waals surface area contributed by atoms with Gasteiger partial charge in [0.1, 0.15) is 0 Å². The quantitative estimate of drug-likeness (QED) is 0.219.